The van der Waals surface area contributed by atoms with Crippen LogP contribution in [-0.4, -0.2) is 9.55 Å². The Morgan fingerprint density at radius 3 is 2.42 bits per heavy atom. The number of para-hydroxylation sites is 2. The van der Waals surface area contributed by atoms with E-state index in [-0.39, 0.29) is 0 Å². The first kappa shape index (κ1) is 16.8. The highest BCUT2D eigenvalue weighted by Gasteiger charge is 2.11. The Hall–Kier alpha value is -2.62. The molecule has 0 aliphatic rings. The average molecular weight is 362 g/mol. The highest BCUT2D eigenvalue weighted by Crippen LogP contribution is 2.19. The lowest BCUT2D eigenvalue weighted by atomic mass is 10.2. The smallest absolute Gasteiger partial charge is 0.124 e. The number of hydrogen-bond acceptors (Lipinski definition) is 2. The van der Waals surface area contributed by atoms with Gasteiger partial charge < -0.3 is 9.88 Å². The molecular weight excluding hydrogens is 342 g/mol. The molecule has 4 rings (SSSR count). The normalized spacial score (nSPS) is 11.1. The molecule has 4 aromatic rings. The molecule has 0 amide bonds. The van der Waals surface area contributed by atoms with E-state index >= 15 is 0 Å². The van der Waals surface area contributed by atoms with Crippen molar-refractivity contribution in [3.8, 4) is 0 Å². The van der Waals surface area contributed by atoms with E-state index in [0.29, 0.717) is 6.54 Å². The van der Waals surface area contributed by atoms with E-state index in [9.17, 15) is 0 Å². The van der Waals surface area contributed by atoms with Crippen LogP contribution in [0.15, 0.2) is 78.9 Å². The van der Waals surface area contributed by atoms with Crippen LogP contribution in [0.1, 0.15) is 17.0 Å². The Balaban J connectivity index is 1.59. The maximum absolute atomic E-state index is 6.16. The number of halogens is 1. The first-order valence-electron chi connectivity index (χ1n) is 8.73. The minimum absolute atomic E-state index is 0.712. The van der Waals surface area contributed by atoms with Crippen molar-refractivity contribution < 1.29 is 0 Å². The molecule has 0 aliphatic carbocycles. The zero-order chi connectivity index (χ0) is 17.8. The Morgan fingerprint density at radius 2 is 1.58 bits per heavy atom. The predicted octanol–water partition coefficient (Wildman–Crippen LogP) is 5.03. The first-order chi connectivity index (χ1) is 12.8. The quantitative estimate of drug-likeness (QED) is 0.522. The molecule has 4 heteroatoms. The molecule has 0 saturated carbocycles. The molecule has 0 unspecified atom stereocenters. The largest absolute Gasteiger partial charge is 0.322 e. The van der Waals surface area contributed by atoms with E-state index in [2.05, 4.69) is 58.4 Å². The van der Waals surface area contributed by atoms with Gasteiger partial charge in [-0.3, -0.25) is 0 Å². The van der Waals surface area contributed by atoms with Crippen molar-refractivity contribution in [2.45, 2.75) is 19.6 Å². The second-order valence-electron chi connectivity index (χ2n) is 6.32. The molecule has 0 aliphatic heterocycles. The van der Waals surface area contributed by atoms with Gasteiger partial charge in [0.05, 0.1) is 17.6 Å². The van der Waals surface area contributed by atoms with E-state index in [0.717, 1.165) is 35.0 Å². The number of nitrogens with zero attached hydrogens (tertiary/aromatic N) is 2. The van der Waals surface area contributed by atoms with Crippen LogP contribution in [0.25, 0.3) is 11.0 Å². The molecule has 1 aromatic heterocycles. The fraction of sp³-hybridized carbons (Fsp3) is 0.136. The summed E-state index contributed by atoms with van der Waals surface area (Å²) < 4.78 is 2.26. The lowest BCUT2D eigenvalue weighted by Gasteiger charge is -2.11. The Kier molecular flexibility index (Phi) is 5.00. The number of hydrogen-bond donors (Lipinski definition) is 1. The zero-order valence-electron chi connectivity index (χ0n) is 14.4. The molecule has 130 valence electrons. The Morgan fingerprint density at radius 1 is 0.808 bits per heavy atom. The maximum Gasteiger partial charge on any atom is 0.124 e. The van der Waals surface area contributed by atoms with Crippen molar-refractivity contribution >= 4 is 22.6 Å². The molecule has 1 N–H and O–H groups in total. The highest BCUT2D eigenvalue weighted by atomic mass is 35.5. The molecule has 0 atom stereocenters. The molecule has 3 nitrogen and oxygen atoms in total. The van der Waals surface area contributed by atoms with E-state index in [1.807, 2.05) is 30.3 Å². The maximum atomic E-state index is 6.16. The molecule has 1 heterocycles. The molecule has 0 spiro atoms. The van der Waals surface area contributed by atoms with Gasteiger partial charge in [-0.25, -0.2) is 4.98 Å². The van der Waals surface area contributed by atoms with Gasteiger partial charge in [-0.2, -0.15) is 0 Å². The lowest BCUT2D eigenvalue weighted by Crippen LogP contribution is -2.17. The van der Waals surface area contributed by atoms with Crippen LogP contribution in [-0.2, 0) is 19.6 Å². The molecule has 0 radical (unpaired) electrons. The van der Waals surface area contributed by atoms with E-state index in [1.54, 1.807) is 0 Å². The third-order valence-electron chi connectivity index (χ3n) is 4.42. The van der Waals surface area contributed by atoms with Gasteiger partial charge >= 0.3 is 0 Å². The Labute approximate surface area is 158 Å². The summed E-state index contributed by atoms with van der Waals surface area (Å²) in [5, 5.41) is 4.27. The van der Waals surface area contributed by atoms with Crippen molar-refractivity contribution in [1.82, 2.24) is 14.9 Å². The van der Waals surface area contributed by atoms with Crippen molar-refractivity contribution in [1.29, 1.82) is 0 Å². The molecular formula is C22H20ClN3. The van der Waals surface area contributed by atoms with Crippen molar-refractivity contribution in [2.24, 2.45) is 0 Å². The minimum atomic E-state index is 0.712. The second-order valence-corrected chi connectivity index (χ2v) is 6.76. The second kappa shape index (κ2) is 7.73. The highest BCUT2D eigenvalue weighted by molar-refractivity contribution is 6.30. The molecule has 0 fully saturated rings. The topological polar surface area (TPSA) is 29.9 Å². The molecule has 3 aromatic carbocycles. The summed E-state index contributed by atoms with van der Waals surface area (Å²) in [5.74, 6) is 1.03. The van der Waals surface area contributed by atoms with Gasteiger partial charge in [0.25, 0.3) is 0 Å². The van der Waals surface area contributed by atoms with Gasteiger partial charge in [-0.1, -0.05) is 66.2 Å². The summed E-state index contributed by atoms with van der Waals surface area (Å²) >= 11 is 6.16. The third kappa shape index (κ3) is 3.79. The van der Waals surface area contributed by atoms with Gasteiger partial charge in [0, 0.05) is 18.1 Å². The van der Waals surface area contributed by atoms with Gasteiger partial charge in [-0.15, -0.1) is 0 Å². The summed E-state index contributed by atoms with van der Waals surface area (Å²) in [6.45, 7) is 2.29. The van der Waals surface area contributed by atoms with Crippen LogP contribution in [0.3, 0.4) is 0 Å². The van der Waals surface area contributed by atoms with E-state index < -0.39 is 0 Å². The van der Waals surface area contributed by atoms with Crippen LogP contribution in [0.5, 0.6) is 0 Å². The van der Waals surface area contributed by atoms with E-state index in [4.69, 9.17) is 16.6 Å². The Bertz CT molecular complexity index is 1010. The molecule has 0 bridgehead atoms. The number of fused-ring (bicyclic) bond motifs is 1. The summed E-state index contributed by atoms with van der Waals surface area (Å²) in [6.07, 6.45) is 0. The first-order valence-corrected chi connectivity index (χ1v) is 9.10. The zero-order valence-corrected chi connectivity index (χ0v) is 15.2. The van der Waals surface area contributed by atoms with Crippen LogP contribution >= 0.6 is 11.6 Å². The van der Waals surface area contributed by atoms with Crippen LogP contribution in [0, 0.1) is 0 Å². The van der Waals surface area contributed by atoms with Gasteiger partial charge in [-0.05, 0) is 35.4 Å². The van der Waals surface area contributed by atoms with Crippen LogP contribution in [0.2, 0.25) is 5.02 Å². The summed E-state index contributed by atoms with van der Waals surface area (Å²) in [5.41, 5.74) is 4.60. The average Bonchev–Trinajstić information content (AvgIpc) is 3.00. The fourth-order valence-electron chi connectivity index (χ4n) is 3.17. The number of nitrogens with one attached hydrogen (secondary N) is 1. The SMILES string of the molecule is Clc1cccc(Cn2c(CNCc3ccccc3)nc3ccccc32)c1. The standard InChI is InChI=1S/C22H20ClN3/c23-19-10-6-9-18(13-19)16-26-21-12-5-4-11-20(21)25-22(26)15-24-14-17-7-2-1-3-8-17/h1-13,24H,14-16H2. The number of aromatic nitrogens is 2. The van der Waals surface area contributed by atoms with Gasteiger partial charge in [0.15, 0.2) is 0 Å². The van der Waals surface area contributed by atoms with Crippen LogP contribution in [0.4, 0.5) is 0 Å². The fourth-order valence-corrected chi connectivity index (χ4v) is 3.38. The van der Waals surface area contributed by atoms with Crippen molar-refractivity contribution in [2.75, 3.05) is 0 Å². The minimum Gasteiger partial charge on any atom is -0.322 e. The van der Waals surface area contributed by atoms with Gasteiger partial charge in [0.2, 0.25) is 0 Å². The summed E-state index contributed by atoms with van der Waals surface area (Å²) in [6, 6.07) is 26.7. The predicted molar refractivity (Wildman–Crippen MR) is 107 cm³/mol. The lowest BCUT2D eigenvalue weighted by molar-refractivity contribution is 0.628. The summed E-state index contributed by atoms with van der Waals surface area (Å²) in [7, 11) is 0. The number of benzene rings is 3. The number of imidazole rings is 1. The monoisotopic (exact) mass is 361 g/mol. The van der Waals surface area contributed by atoms with Crippen molar-refractivity contribution in [3.05, 3.63) is 101 Å². The van der Waals surface area contributed by atoms with Crippen LogP contribution < -0.4 is 5.32 Å². The van der Waals surface area contributed by atoms with Crippen molar-refractivity contribution in [3.63, 3.8) is 0 Å². The van der Waals surface area contributed by atoms with E-state index in [1.165, 1.54) is 11.1 Å². The third-order valence-corrected chi connectivity index (χ3v) is 4.65. The number of rotatable bonds is 6. The summed E-state index contributed by atoms with van der Waals surface area (Å²) in [4.78, 5) is 4.83. The van der Waals surface area contributed by atoms with Gasteiger partial charge in [0.1, 0.15) is 5.82 Å². The molecule has 0 saturated heterocycles. The molecule has 26 heavy (non-hydrogen) atoms.